The summed E-state index contributed by atoms with van der Waals surface area (Å²) in [5.41, 5.74) is 4.97. The first-order valence-corrected chi connectivity index (χ1v) is 12.4. The molecule has 3 aromatic carbocycles. The first-order valence-electron chi connectivity index (χ1n) is 12.4. The second-order valence-electron chi connectivity index (χ2n) is 9.31. The van der Waals surface area contributed by atoms with Gasteiger partial charge in [0.25, 0.3) is 0 Å². The van der Waals surface area contributed by atoms with E-state index in [9.17, 15) is 0 Å². The van der Waals surface area contributed by atoms with Crippen molar-refractivity contribution in [2.45, 2.75) is 31.0 Å². The highest BCUT2D eigenvalue weighted by atomic mass is 16.5. The SMILES string of the molecule is C=CCC12C(=C)N(Cc3ccccc3)c3ccccc3C1OC(c1ccc(OCCCO)cc1)=[N+]2C. The molecule has 5 rings (SSSR count). The van der Waals surface area contributed by atoms with Gasteiger partial charge in [0.1, 0.15) is 12.8 Å². The zero-order valence-corrected chi connectivity index (χ0v) is 20.8. The van der Waals surface area contributed by atoms with E-state index in [-0.39, 0.29) is 12.7 Å². The third-order valence-electron chi connectivity index (χ3n) is 7.21. The minimum absolute atomic E-state index is 0.119. The molecule has 0 amide bonds. The van der Waals surface area contributed by atoms with Crippen LogP contribution in [0.4, 0.5) is 5.69 Å². The molecule has 2 heterocycles. The van der Waals surface area contributed by atoms with Gasteiger partial charge in [-0.15, -0.1) is 6.58 Å². The Morgan fingerprint density at radius 3 is 2.50 bits per heavy atom. The fourth-order valence-corrected chi connectivity index (χ4v) is 5.38. The third kappa shape index (κ3) is 3.99. The van der Waals surface area contributed by atoms with E-state index < -0.39 is 5.54 Å². The van der Waals surface area contributed by atoms with E-state index in [0.717, 1.165) is 40.7 Å². The lowest BCUT2D eigenvalue weighted by molar-refractivity contribution is -0.567. The summed E-state index contributed by atoms with van der Waals surface area (Å²) in [6.07, 6.45) is 3.05. The van der Waals surface area contributed by atoms with Gasteiger partial charge in [0, 0.05) is 37.2 Å². The maximum Gasteiger partial charge on any atom is 0.371 e. The van der Waals surface area contributed by atoms with Crippen LogP contribution in [0, 0.1) is 0 Å². The lowest BCUT2D eigenvalue weighted by atomic mass is 9.77. The van der Waals surface area contributed by atoms with E-state index in [4.69, 9.17) is 14.6 Å². The number of likely N-dealkylation sites (N-methyl/N-ethyl adjacent to an activating group) is 1. The van der Waals surface area contributed by atoms with Crippen LogP contribution < -0.4 is 9.64 Å². The standard InChI is InChI=1S/C31H33N2O3/c1-4-19-31-23(2)33(22-24-11-6-5-7-12-24)28-14-9-8-13-27(28)29(31)36-30(32(31)3)25-15-17-26(18-16-25)35-21-10-20-34/h4-9,11-18,29,34H,1-2,10,19-22H2,3H3/q+1. The Bertz CT molecular complexity index is 1280. The van der Waals surface area contributed by atoms with Crippen LogP contribution in [0.3, 0.4) is 0 Å². The summed E-state index contributed by atoms with van der Waals surface area (Å²) < 4.78 is 14.7. The Morgan fingerprint density at radius 1 is 1.06 bits per heavy atom. The molecule has 2 aliphatic heterocycles. The molecule has 0 fully saturated rings. The summed E-state index contributed by atoms with van der Waals surface area (Å²) in [6, 6.07) is 26.9. The molecule has 1 N–H and O–H groups in total. The van der Waals surface area contributed by atoms with Crippen LogP contribution in [0.1, 0.15) is 35.6 Å². The summed E-state index contributed by atoms with van der Waals surface area (Å²) in [4.78, 5) is 2.32. The van der Waals surface area contributed by atoms with Gasteiger partial charge in [-0.3, -0.25) is 0 Å². The van der Waals surface area contributed by atoms with Crippen molar-refractivity contribution < 1.29 is 19.2 Å². The Balaban J connectivity index is 1.56. The molecular weight excluding hydrogens is 448 g/mol. The number of benzene rings is 3. The van der Waals surface area contributed by atoms with Crippen LogP contribution in [0.5, 0.6) is 5.75 Å². The van der Waals surface area contributed by atoms with Crippen LogP contribution in [0.2, 0.25) is 0 Å². The molecular formula is C31H33N2O3+. The number of fused-ring (bicyclic) bond motifs is 3. The maximum atomic E-state index is 9.00. The molecule has 0 aliphatic carbocycles. The quantitative estimate of drug-likeness (QED) is 0.251. The summed E-state index contributed by atoms with van der Waals surface area (Å²) in [6.45, 7) is 10.1. The average Bonchev–Trinajstić information content (AvgIpc) is 3.21. The van der Waals surface area contributed by atoms with Gasteiger partial charge in [0.2, 0.25) is 11.6 Å². The molecule has 36 heavy (non-hydrogen) atoms. The largest absolute Gasteiger partial charge is 0.494 e. The highest BCUT2D eigenvalue weighted by Gasteiger charge is 2.63. The van der Waals surface area contributed by atoms with Crippen LogP contribution in [0.25, 0.3) is 0 Å². The monoisotopic (exact) mass is 481 g/mol. The van der Waals surface area contributed by atoms with Gasteiger partial charge in [0.05, 0.1) is 17.9 Å². The van der Waals surface area contributed by atoms with Gasteiger partial charge in [-0.05, 0) is 35.9 Å². The number of rotatable bonds is 9. The van der Waals surface area contributed by atoms with Crippen molar-refractivity contribution in [2.24, 2.45) is 0 Å². The van der Waals surface area contributed by atoms with Gasteiger partial charge < -0.3 is 19.5 Å². The number of nitrogens with zero attached hydrogens (tertiary/aromatic N) is 2. The molecule has 0 spiro atoms. The van der Waals surface area contributed by atoms with Gasteiger partial charge in [0.15, 0.2) is 0 Å². The summed E-state index contributed by atoms with van der Waals surface area (Å²) in [5, 5.41) is 9.00. The van der Waals surface area contributed by atoms with Crippen LogP contribution in [0.15, 0.2) is 104 Å². The Morgan fingerprint density at radius 2 is 1.78 bits per heavy atom. The van der Waals surface area contributed by atoms with Crippen LogP contribution in [-0.4, -0.2) is 41.4 Å². The molecule has 0 saturated heterocycles. The molecule has 0 bridgehead atoms. The first kappa shape index (κ1) is 23.9. The summed E-state index contributed by atoms with van der Waals surface area (Å²) >= 11 is 0. The molecule has 0 aromatic heterocycles. The fourth-order valence-electron chi connectivity index (χ4n) is 5.38. The maximum absolute atomic E-state index is 9.00. The fraction of sp³-hybridized carbons (Fsp3) is 0.258. The van der Waals surface area contributed by atoms with Crippen molar-refractivity contribution in [1.29, 1.82) is 0 Å². The number of hydrogen-bond acceptors (Lipinski definition) is 4. The van der Waals surface area contributed by atoms with Crippen molar-refractivity contribution >= 4 is 11.6 Å². The highest BCUT2D eigenvalue weighted by Crippen LogP contribution is 2.53. The first-order chi connectivity index (χ1) is 17.6. The minimum atomic E-state index is -0.503. The number of anilines is 1. The summed E-state index contributed by atoms with van der Waals surface area (Å²) in [5.74, 6) is 1.58. The van der Waals surface area contributed by atoms with Crippen molar-refractivity contribution in [3.8, 4) is 5.75 Å². The van der Waals surface area contributed by atoms with Crippen molar-refractivity contribution in [3.05, 3.63) is 120 Å². The molecule has 2 unspecified atom stereocenters. The van der Waals surface area contributed by atoms with Crippen LogP contribution >= 0.6 is 0 Å². The molecule has 2 aliphatic rings. The van der Waals surface area contributed by atoms with E-state index in [2.05, 4.69) is 78.2 Å². The smallest absolute Gasteiger partial charge is 0.371 e. The molecule has 2 atom stereocenters. The Labute approximate surface area is 213 Å². The molecule has 3 aromatic rings. The average molecular weight is 482 g/mol. The number of ether oxygens (including phenoxy) is 2. The number of aliphatic hydroxyl groups excluding tert-OH is 1. The molecule has 0 saturated carbocycles. The molecule has 184 valence electrons. The summed E-state index contributed by atoms with van der Waals surface area (Å²) in [7, 11) is 2.09. The topological polar surface area (TPSA) is 44.9 Å². The van der Waals surface area contributed by atoms with Crippen molar-refractivity contribution in [3.63, 3.8) is 0 Å². The Hall–Kier alpha value is -3.83. The normalized spacial score (nSPS) is 20.6. The number of para-hydroxylation sites is 1. The number of aliphatic hydroxyl groups is 1. The van der Waals surface area contributed by atoms with E-state index >= 15 is 0 Å². The van der Waals surface area contributed by atoms with Gasteiger partial charge in [-0.1, -0.05) is 61.2 Å². The zero-order valence-electron chi connectivity index (χ0n) is 20.8. The van der Waals surface area contributed by atoms with E-state index in [1.54, 1.807) is 0 Å². The second-order valence-corrected chi connectivity index (χ2v) is 9.31. The van der Waals surface area contributed by atoms with Crippen LogP contribution in [-0.2, 0) is 11.3 Å². The van der Waals surface area contributed by atoms with Crippen molar-refractivity contribution in [1.82, 2.24) is 0 Å². The predicted molar refractivity (Wildman–Crippen MR) is 144 cm³/mol. The Kier molecular flexibility index (Phi) is 6.66. The van der Waals surface area contributed by atoms with Gasteiger partial charge in [-0.25, -0.2) is 0 Å². The van der Waals surface area contributed by atoms with E-state index in [0.29, 0.717) is 19.4 Å². The van der Waals surface area contributed by atoms with Gasteiger partial charge in [-0.2, -0.15) is 4.58 Å². The lowest BCUT2D eigenvalue weighted by Crippen LogP contribution is -2.52. The molecule has 5 heteroatoms. The minimum Gasteiger partial charge on any atom is -0.494 e. The molecule has 5 nitrogen and oxygen atoms in total. The van der Waals surface area contributed by atoms with E-state index in [1.807, 2.05) is 36.4 Å². The molecule has 0 radical (unpaired) electrons. The predicted octanol–water partition coefficient (Wildman–Crippen LogP) is 5.46. The van der Waals surface area contributed by atoms with E-state index in [1.165, 1.54) is 5.56 Å². The van der Waals surface area contributed by atoms with Gasteiger partial charge >= 0.3 is 5.90 Å². The highest BCUT2D eigenvalue weighted by molar-refractivity contribution is 5.92. The lowest BCUT2D eigenvalue weighted by Gasteiger charge is -2.43. The zero-order chi connectivity index (χ0) is 25.1. The van der Waals surface area contributed by atoms with Crippen molar-refractivity contribution in [2.75, 3.05) is 25.2 Å². The second kappa shape index (κ2) is 10.0. The third-order valence-corrected chi connectivity index (χ3v) is 7.21. The number of hydrogen-bond donors (Lipinski definition) is 1.